The molecule has 0 radical (unpaired) electrons. The van der Waals surface area contributed by atoms with Crippen LogP contribution in [0.15, 0.2) is 0 Å². The molecule has 0 saturated heterocycles. The van der Waals surface area contributed by atoms with Gasteiger partial charge in [-0.15, -0.1) is 0 Å². The van der Waals surface area contributed by atoms with E-state index in [1.54, 1.807) is 0 Å². The molecular weight excluding hydrogens is 296 g/mol. The van der Waals surface area contributed by atoms with Crippen LogP contribution in [0.3, 0.4) is 0 Å². The molecule has 1 nitrogen and oxygen atoms in total. The number of halogens is 6. The molecule has 0 aromatic carbocycles. The lowest BCUT2D eigenvalue weighted by Crippen LogP contribution is -2.46. The zero-order valence-electron chi connectivity index (χ0n) is 12.2. The highest BCUT2D eigenvalue weighted by atomic mass is 19.4. The van der Waals surface area contributed by atoms with Crippen molar-refractivity contribution in [3.05, 3.63) is 0 Å². The van der Waals surface area contributed by atoms with Gasteiger partial charge in [-0.1, -0.05) is 19.8 Å². The van der Waals surface area contributed by atoms with Gasteiger partial charge in [0.2, 0.25) is 0 Å². The predicted octanol–water partition coefficient (Wildman–Crippen LogP) is 5.07. The van der Waals surface area contributed by atoms with Crippen LogP contribution in [-0.4, -0.2) is 24.9 Å². The fourth-order valence-corrected chi connectivity index (χ4v) is 3.16. The predicted molar refractivity (Wildman–Crippen MR) is 68.9 cm³/mol. The number of hydrogen-bond acceptors (Lipinski definition) is 1. The third-order valence-electron chi connectivity index (χ3n) is 4.15. The van der Waals surface area contributed by atoms with Crippen molar-refractivity contribution in [1.29, 1.82) is 0 Å². The molecule has 0 aliphatic heterocycles. The SMILES string of the molecule is CCCNC(CCC(F)(F)F)C1CCCCC1C(F)(F)F. The molecule has 3 atom stereocenters. The average Bonchev–Trinajstić information content (AvgIpc) is 2.37. The van der Waals surface area contributed by atoms with E-state index < -0.39 is 36.7 Å². The van der Waals surface area contributed by atoms with Crippen molar-refractivity contribution in [3.63, 3.8) is 0 Å². The summed E-state index contributed by atoms with van der Waals surface area (Å²) in [7, 11) is 0. The monoisotopic (exact) mass is 319 g/mol. The third kappa shape index (κ3) is 6.45. The highest BCUT2D eigenvalue weighted by Gasteiger charge is 2.48. The summed E-state index contributed by atoms with van der Waals surface area (Å²) >= 11 is 0. The quantitative estimate of drug-likeness (QED) is 0.674. The third-order valence-corrected chi connectivity index (χ3v) is 4.15. The lowest BCUT2D eigenvalue weighted by Gasteiger charge is -2.38. The first-order valence-electron chi connectivity index (χ1n) is 7.52. The maximum Gasteiger partial charge on any atom is 0.392 e. The highest BCUT2D eigenvalue weighted by Crippen LogP contribution is 2.44. The van der Waals surface area contributed by atoms with E-state index in [4.69, 9.17) is 0 Å². The first-order chi connectivity index (χ1) is 9.65. The zero-order chi connectivity index (χ0) is 16.1. The smallest absolute Gasteiger partial charge is 0.314 e. The van der Waals surface area contributed by atoms with E-state index in [0.717, 1.165) is 0 Å². The number of nitrogens with one attached hydrogen (secondary N) is 1. The minimum absolute atomic E-state index is 0.0322. The Morgan fingerprint density at radius 2 is 1.67 bits per heavy atom. The Bertz CT molecular complexity index is 299. The number of hydrogen-bond donors (Lipinski definition) is 1. The maximum absolute atomic E-state index is 13.1. The van der Waals surface area contributed by atoms with Gasteiger partial charge in [0.05, 0.1) is 5.92 Å². The number of rotatable bonds is 6. The van der Waals surface area contributed by atoms with Crippen LogP contribution in [0.5, 0.6) is 0 Å². The first kappa shape index (κ1) is 18.6. The van der Waals surface area contributed by atoms with Gasteiger partial charge in [0.25, 0.3) is 0 Å². The van der Waals surface area contributed by atoms with Crippen LogP contribution in [0.25, 0.3) is 0 Å². The van der Waals surface area contributed by atoms with Gasteiger partial charge in [0.1, 0.15) is 0 Å². The van der Waals surface area contributed by atoms with Gasteiger partial charge < -0.3 is 5.32 Å². The van der Waals surface area contributed by atoms with Gasteiger partial charge in [-0.05, 0) is 38.1 Å². The molecule has 0 bridgehead atoms. The van der Waals surface area contributed by atoms with Crippen LogP contribution >= 0.6 is 0 Å². The molecule has 0 amide bonds. The van der Waals surface area contributed by atoms with Crippen LogP contribution in [0.1, 0.15) is 51.9 Å². The van der Waals surface area contributed by atoms with Crippen molar-refractivity contribution in [2.24, 2.45) is 11.8 Å². The molecule has 0 heterocycles. The van der Waals surface area contributed by atoms with Gasteiger partial charge in [-0.3, -0.25) is 0 Å². The van der Waals surface area contributed by atoms with E-state index >= 15 is 0 Å². The second-order valence-corrected chi connectivity index (χ2v) is 5.81. The van der Waals surface area contributed by atoms with Crippen molar-refractivity contribution < 1.29 is 26.3 Å². The van der Waals surface area contributed by atoms with Crippen LogP contribution in [-0.2, 0) is 0 Å². The minimum Gasteiger partial charge on any atom is -0.314 e. The first-order valence-corrected chi connectivity index (χ1v) is 7.52. The summed E-state index contributed by atoms with van der Waals surface area (Å²) in [6.45, 7) is 2.29. The summed E-state index contributed by atoms with van der Waals surface area (Å²) in [6, 6.07) is -0.710. The maximum atomic E-state index is 13.1. The summed E-state index contributed by atoms with van der Waals surface area (Å²) < 4.78 is 76.5. The molecule has 1 rings (SSSR count). The molecule has 0 aromatic heterocycles. The van der Waals surface area contributed by atoms with Crippen molar-refractivity contribution >= 4 is 0 Å². The molecule has 3 unspecified atom stereocenters. The zero-order valence-corrected chi connectivity index (χ0v) is 12.2. The van der Waals surface area contributed by atoms with Gasteiger partial charge in [0, 0.05) is 12.5 Å². The van der Waals surface area contributed by atoms with E-state index in [-0.39, 0.29) is 12.8 Å². The van der Waals surface area contributed by atoms with Crippen molar-refractivity contribution in [2.75, 3.05) is 6.54 Å². The fourth-order valence-electron chi connectivity index (χ4n) is 3.16. The Hall–Kier alpha value is -0.460. The van der Waals surface area contributed by atoms with Crippen molar-refractivity contribution in [3.8, 4) is 0 Å². The molecule has 1 aliphatic rings. The number of alkyl halides is 6. The average molecular weight is 319 g/mol. The summed E-state index contributed by atoms with van der Waals surface area (Å²) in [5.41, 5.74) is 0. The molecule has 0 aromatic rings. The molecule has 1 fully saturated rings. The topological polar surface area (TPSA) is 12.0 Å². The van der Waals surface area contributed by atoms with Crippen LogP contribution < -0.4 is 5.32 Å². The van der Waals surface area contributed by atoms with E-state index in [1.807, 2.05) is 6.92 Å². The Morgan fingerprint density at radius 1 is 1.05 bits per heavy atom. The Kier molecular flexibility index (Phi) is 6.81. The van der Waals surface area contributed by atoms with E-state index in [9.17, 15) is 26.3 Å². The summed E-state index contributed by atoms with van der Waals surface area (Å²) in [5.74, 6) is -2.22. The van der Waals surface area contributed by atoms with Crippen molar-refractivity contribution in [1.82, 2.24) is 5.32 Å². The molecule has 1 N–H and O–H groups in total. The minimum atomic E-state index is -4.32. The van der Waals surface area contributed by atoms with Crippen LogP contribution in [0.2, 0.25) is 0 Å². The summed E-state index contributed by atoms with van der Waals surface area (Å²) in [5, 5.41) is 2.91. The summed E-state index contributed by atoms with van der Waals surface area (Å²) in [6.07, 6.45) is -7.73. The van der Waals surface area contributed by atoms with Gasteiger partial charge in [0.15, 0.2) is 0 Å². The summed E-state index contributed by atoms with van der Waals surface area (Å²) in [4.78, 5) is 0. The van der Waals surface area contributed by atoms with Gasteiger partial charge in [-0.25, -0.2) is 0 Å². The molecular formula is C14H23F6N. The molecule has 1 aliphatic carbocycles. The lowest BCUT2D eigenvalue weighted by atomic mass is 9.73. The molecule has 7 heteroatoms. The Morgan fingerprint density at radius 3 is 2.19 bits per heavy atom. The van der Waals surface area contributed by atoms with Crippen LogP contribution in [0, 0.1) is 11.8 Å². The Labute approximate surface area is 121 Å². The standard InChI is InChI=1S/C14H23F6N/c1-2-9-21-12(7-8-13(15,16)17)10-5-3-4-6-11(10)14(18,19)20/h10-12,21H,2-9H2,1H3. The van der Waals surface area contributed by atoms with E-state index in [1.165, 1.54) is 0 Å². The highest BCUT2D eigenvalue weighted by molar-refractivity contribution is 4.88. The lowest BCUT2D eigenvalue weighted by molar-refractivity contribution is -0.200. The van der Waals surface area contributed by atoms with Gasteiger partial charge >= 0.3 is 12.4 Å². The van der Waals surface area contributed by atoms with E-state index in [2.05, 4.69) is 5.32 Å². The second-order valence-electron chi connectivity index (χ2n) is 5.81. The van der Waals surface area contributed by atoms with Crippen molar-refractivity contribution in [2.45, 2.75) is 70.3 Å². The molecule has 0 spiro atoms. The normalized spacial score (nSPS) is 25.9. The van der Waals surface area contributed by atoms with Crippen LogP contribution in [0.4, 0.5) is 26.3 Å². The fraction of sp³-hybridized carbons (Fsp3) is 1.00. The van der Waals surface area contributed by atoms with Gasteiger partial charge in [-0.2, -0.15) is 26.3 Å². The molecule has 21 heavy (non-hydrogen) atoms. The molecule has 1 saturated carbocycles. The molecule has 126 valence electrons. The Balaban J connectivity index is 2.77. The van der Waals surface area contributed by atoms with E-state index in [0.29, 0.717) is 32.2 Å². The largest absolute Gasteiger partial charge is 0.392 e. The second kappa shape index (κ2) is 7.70.